The van der Waals surface area contributed by atoms with Crippen LogP contribution in [-0.4, -0.2) is 46.5 Å². The first-order valence-electron chi connectivity index (χ1n) is 7.04. The standard InChI is InChI=1S/C14H21NO5S2/c1-3-10-22(19,20)13-8-6-5-7-12(13)14(16)15-9-11-21(17,18)4-2/h5-8H,3-4,9-11H2,1-2H3,(H,15,16). The van der Waals surface area contributed by atoms with E-state index in [0.29, 0.717) is 6.42 Å². The SMILES string of the molecule is CCCS(=O)(=O)c1ccccc1C(=O)NCCS(=O)(=O)CC. The zero-order valence-corrected chi connectivity index (χ0v) is 14.3. The Hall–Kier alpha value is -1.41. The molecule has 0 saturated carbocycles. The molecule has 1 N–H and O–H groups in total. The molecule has 0 radical (unpaired) electrons. The zero-order valence-electron chi connectivity index (χ0n) is 12.7. The van der Waals surface area contributed by atoms with E-state index in [4.69, 9.17) is 0 Å². The van der Waals surface area contributed by atoms with E-state index in [-0.39, 0.29) is 34.3 Å². The quantitative estimate of drug-likeness (QED) is 0.757. The van der Waals surface area contributed by atoms with Crippen LogP contribution in [0.15, 0.2) is 29.2 Å². The molecule has 0 unspecified atom stereocenters. The molecule has 8 heteroatoms. The van der Waals surface area contributed by atoms with Crippen LogP contribution >= 0.6 is 0 Å². The molecule has 1 aromatic carbocycles. The van der Waals surface area contributed by atoms with Crippen molar-refractivity contribution in [2.75, 3.05) is 23.8 Å². The highest BCUT2D eigenvalue weighted by Gasteiger charge is 2.21. The number of rotatable bonds is 8. The number of sulfone groups is 2. The third-order valence-electron chi connectivity index (χ3n) is 3.08. The molecule has 0 atom stereocenters. The fourth-order valence-electron chi connectivity index (χ4n) is 1.86. The number of carbonyl (C=O) groups excluding carboxylic acids is 1. The Balaban J connectivity index is 2.91. The molecule has 22 heavy (non-hydrogen) atoms. The van der Waals surface area contributed by atoms with Gasteiger partial charge < -0.3 is 5.32 Å². The van der Waals surface area contributed by atoms with Gasteiger partial charge in [-0.15, -0.1) is 0 Å². The van der Waals surface area contributed by atoms with Gasteiger partial charge in [0.25, 0.3) is 5.91 Å². The number of benzene rings is 1. The number of hydrogen-bond acceptors (Lipinski definition) is 5. The molecular weight excluding hydrogens is 326 g/mol. The minimum absolute atomic E-state index is 0.00430. The van der Waals surface area contributed by atoms with Crippen LogP contribution in [0, 0.1) is 0 Å². The van der Waals surface area contributed by atoms with Crippen molar-refractivity contribution in [1.82, 2.24) is 5.32 Å². The lowest BCUT2D eigenvalue weighted by atomic mass is 10.2. The fourth-order valence-corrected chi connectivity index (χ4v) is 4.10. The van der Waals surface area contributed by atoms with Crippen molar-refractivity contribution in [1.29, 1.82) is 0 Å². The van der Waals surface area contributed by atoms with Crippen molar-refractivity contribution in [2.24, 2.45) is 0 Å². The van der Waals surface area contributed by atoms with E-state index in [1.54, 1.807) is 19.1 Å². The molecule has 124 valence electrons. The number of amides is 1. The molecule has 1 aromatic rings. The van der Waals surface area contributed by atoms with Crippen molar-refractivity contribution >= 4 is 25.6 Å². The van der Waals surface area contributed by atoms with E-state index in [1.165, 1.54) is 19.1 Å². The third kappa shape index (κ3) is 5.10. The summed E-state index contributed by atoms with van der Waals surface area (Å²) in [4.78, 5) is 12.1. The van der Waals surface area contributed by atoms with Crippen molar-refractivity contribution in [3.63, 3.8) is 0 Å². The molecule has 1 amide bonds. The molecule has 1 rings (SSSR count). The van der Waals surface area contributed by atoms with Gasteiger partial charge in [0.15, 0.2) is 19.7 Å². The van der Waals surface area contributed by atoms with Crippen molar-refractivity contribution in [3.05, 3.63) is 29.8 Å². The summed E-state index contributed by atoms with van der Waals surface area (Å²) in [7, 11) is -6.70. The van der Waals surface area contributed by atoms with Gasteiger partial charge in [-0.2, -0.15) is 0 Å². The van der Waals surface area contributed by atoms with Gasteiger partial charge in [0, 0.05) is 12.3 Å². The normalized spacial score (nSPS) is 12.1. The molecule has 0 fully saturated rings. The molecule has 0 aliphatic carbocycles. The molecule has 0 aromatic heterocycles. The average molecular weight is 347 g/mol. The minimum atomic E-state index is -3.52. The van der Waals surface area contributed by atoms with E-state index in [0.717, 1.165) is 0 Å². The molecule has 0 saturated heterocycles. The van der Waals surface area contributed by atoms with E-state index in [1.807, 2.05) is 0 Å². The van der Waals surface area contributed by atoms with Gasteiger partial charge in [0.1, 0.15) is 0 Å². The monoisotopic (exact) mass is 347 g/mol. The Morgan fingerprint density at radius 3 is 2.27 bits per heavy atom. The molecule has 0 spiro atoms. The Kier molecular flexibility index (Phi) is 6.55. The van der Waals surface area contributed by atoms with Crippen LogP contribution in [0.3, 0.4) is 0 Å². The molecule has 0 aliphatic heterocycles. The first-order chi connectivity index (χ1) is 10.2. The van der Waals surface area contributed by atoms with Crippen molar-refractivity contribution in [3.8, 4) is 0 Å². The molecule has 0 bridgehead atoms. The summed E-state index contributed by atoms with van der Waals surface area (Å²) >= 11 is 0. The first kappa shape index (κ1) is 18.6. The summed E-state index contributed by atoms with van der Waals surface area (Å²) < 4.78 is 47.1. The summed E-state index contributed by atoms with van der Waals surface area (Å²) in [6.07, 6.45) is 0.451. The van der Waals surface area contributed by atoms with E-state index >= 15 is 0 Å². The predicted octanol–water partition coefficient (Wildman–Crippen LogP) is 1.03. The van der Waals surface area contributed by atoms with Gasteiger partial charge in [0.05, 0.1) is 22.0 Å². The topological polar surface area (TPSA) is 97.4 Å². The minimum Gasteiger partial charge on any atom is -0.351 e. The largest absolute Gasteiger partial charge is 0.351 e. The highest BCUT2D eigenvalue weighted by Crippen LogP contribution is 2.17. The smallest absolute Gasteiger partial charge is 0.252 e. The van der Waals surface area contributed by atoms with Gasteiger partial charge in [-0.25, -0.2) is 16.8 Å². The second-order valence-electron chi connectivity index (χ2n) is 4.81. The predicted molar refractivity (Wildman–Crippen MR) is 85.4 cm³/mol. The maximum absolute atomic E-state index is 12.2. The van der Waals surface area contributed by atoms with Gasteiger partial charge >= 0.3 is 0 Å². The van der Waals surface area contributed by atoms with Gasteiger partial charge in [-0.3, -0.25) is 4.79 Å². The lowest BCUT2D eigenvalue weighted by molar-refractivity contribution is 0.0953. The van der Waals surface area contributed by atoms with Crippen LogP contribution in [-0.2, 0) is 19.7 Å². The number of carbonyl (C=O) groups is 1. The molecular formula is C14H21NO5S2. The summed E-state index contributed by atoms with van der Waals surface area (Å²) in [6.45, 7) is 3.23. The van der Waals surface area contributed by atoms with Crippen LogP contribution < -0.4 is 5.32 Å². The van der Waals surface area contributed by atoms with Crippen LogP contribution in [0.25, 0.3) is 0 Å². The molecule has 6 nitrogen and oxygen atoms in total. The zero-order chi connectivity index (χ0) is 16.8. The highest BCUT2D eigenvalue weighted by molar-refractivity contribution is 7.91. The van der Waals surface area contributed by atoms with E-state index in [9.17, 15) is 21.6 Å². The van der Waals surface area contributed by atoms with Crippen molar-refractivity contribution < 1.29 is 21.6 Å². The fraction of sp³-hybridized carbons (Fsp3) is 0.500. The van der Waals surface area contributed by atoms with Crippen LogP contribution in [0.4, 0.5) is 0 Å². The Morgan fingerprint density at radius 2 is 1.68 bits per heavy atom. The van der Waals surface area contributed by atoms with Crippen LogP contribution in [0.2, 0.25) is 0 Å². The Bertz CT molecular complexity index is 723. The highest BCUT2D eigenvalue weighted by atomic mass is 32.2. The second-order valence-corrected chi connectivity index (χ2v) is 9.36. The number of nitrogens with one attached hydrogen (secondary N) is 1. The summed E-state index contributed by atoms with van der Waals surface area (Å²) in [5, 5.41) is 2.46. The Morgan fingerprint density at radius 1 is 1.05 bits per heavy atom. The van der Waals surface area contributed by atoms with E-state index in [2.05, 4.69) is 5.32 Å². The van der Waals surface area contributed by atoms with Gasteiger partial charge in [-0.1, -0.05) is 26.0 Å². The summed E-state index contributed by atoms with van der Waals surface area (Å²) in [5.74, 6) is -0.785. The average Bonchev–Trinajstić information content (AvgIpc) is 2.47. The lowest BCUT2D eigenvalue weighted by Crippen LogP contribution is -2.30. The lowest BCUT2D eigenvalue weighted by Gasteiger charge is -2.10. The summed E-state index contributed by atoms with van der Waals surface area (Å²) in [6, 6.07) is 5.94. The van der Waals surface area contributed by atoms with Crippen LogP contribution in [0.1, 0.15) is 30.6 Å². The molecule has 0 heterocycles. The third-order valence-corrected chi connectivity index (χ3v) is 6.76. The second kappa shape index (κ2) is 7.73. The Labute approximate surface area is 131 Å². The van der Waals surface area contributed by atoms with Gasteiger partial charge in [-0.05, 0) is 18.6 Å². The van der Waals surface area contributed by atoms with Gasteiger partial charge in [0.2, 0.25) is 0 Å². The number of hydrogen-bond donors (Lipinski definition) is 1. The van der Waals surface area contributed by atoms with E-state index < -0.39 is 25.6 Å². The van der Waals surface area contributed by atoms with Crippen LogP contribution in [0.5, 0.6) is 0 Å². The maximum Gasteiger partial charge on any atom is 0.252 e. The maximum atomic E-state index is 12.2. The first-order valence-corrected chi connectivity index (χ1v) is 10.5. The van der Waals surface area contributed by atoms with Crippen molar-refractivity contribution in [2.45, 2.75) is 25.2 Å². The summed E-state index contributed by atoms with van der Waals surface area (Å²) in [5.41, 5.74) is 0.0462. The molecule has 0 aliphatic rings.